The zero-order valence-electron chi connectivity index (χ0n) is 10.2. The van der Waals surface area contributed by atoms with Gasteiger partial charge in [0.15, 0.2) is 11.6 Å². The first-order valence-electron chi connectivity index (χ1n) is 5.42. The van der Waals surface area contributed by atoms with Crippen LogP contribution in [0.15, 0.2) is 6.07 Å². The number of nitrogens with zero attached hydrogens (tertiary/aromatic N) is 1. The second-order valence-electron chi connectivity index (χ2n) is 4.34. The van der Waals surface area contributed by atoms with Gasteiger partial charge in [-0.15, -0.1) is 5.06 Å². The number of phenols is 1. The van der Waals surface area contributed by atoms with Crippen LogP contribution in [0.5, 0.6) is 5.75 Å². The summed E-state index contributed by atoms with van der Waals surface area (Å²) in [5.74, 6) is -3.32. The summed E-state index contributed by atoms with van der Waals surface area (Å²) < 4.78 is 13.8. The number of imide groups is 1. The first-order chi connectivity index (χ1) is 8.34. The molecule has 0 aliphatic carbocycles. The highest BCUT2D eigenvalue weighted by Gasteiger charge is 2.41. The molecule has 1 N–H and O–H groups in total. The van der Waals surface area contributed by atoms with Crippen molar-refractivity contribution < 1.29 is 23.9 Å². The van der Waals surface area contributed by atoms with E-state index in [1.165, 1.54) is 13.0 Å². The van der Waals surface area contributed by atoms with Gasteiger partial charge in [0.25, 0.3) is 11.8 Å². The number of phenolic OH excluding ortho intramolecular Hbond substituents is 1. The molecule has 96 valence electrons. The fourth-order valence-electron chi connectivity index (χ4n) is 1.75. The molecule has 5 nitrogen and oxygen atoms in total. The van der Waals surface area contributed by atoms with Gasteiger partial charge in [-0.25, -0.2) is 4.39 Å². The quantitative estimate of drug-likeness (QED) is 0.816. The standard InChI is InChI=1S/C12H12FNO4/c1-5(2)18-14-11(16)7-4-6(3)10(15)9(13)8(7)12(14)17/h4-5,15H,1-3H3. The molecule has 1 aliphatic rings. The Morgan fingerprint density at radius 1 is 1.33 bits per heavy atom. The van der Waals surface area contributed by atoms with Gasteiger partial charge < -0.3 is 5.11 Å². The predicted octanol–water partition coefficient (Wildman–Crippen LogP) is 1.78. The van der Waals surface area contributed by atoms with Crippen LogP contribution in [0, 0.1) is 12.7 Å². The van der Waals surface area contributed by atoms with E-state index in [0.29, 0.717) is 5.06 Å². The number of aryl methyl sites for hydroxylation is 1. The summed E-state index contributed by atoms with van der Waals surface area (Å²) in [7, 11) is 0. The van der Waals surface area contributed by atoms with Gasteiger partial charge in [0, 0.05) is 0 Å². The average Bonchev–Trinajstić information content (AvgIpc) is 2.51. The first-order valence-corrected chi connectivity index (χ1v) is 5.42. The number of carbonyl (C=O) groups excluding carboxylic acids is 2. The minimum Gasteiger partial charge on any atom is -0.505 e. The Morgan fingerprint density at radius 2 is 1.94 bits per heavy atom. The number of hydrogen-bond acceptors (Lipinski definition) is 4. The van der Waals surface area contributed by atoms with E-state index >= 15 is 0 Å². The van der Waals surface area contributed by atoms with Crippen LogP contribution >= 0.6 is 0 Å². The highest BCUT2D eigenvalue weighted by atomic mass is 19.1. The topological polar surface area (TPSA) is 66.8 Å². The molecule has 0 saturated heterocycles. The molecule has 1 heterocycles. The van der Waals surface area contributed by atoms with Crippen molar-refractivity contribution in [3.05, 3.63) is 28.6 Å². The third-order valence-electron chi connectivity index (χ3n) is 2.56. The maximum Gasteiger partial charge on any atom is 0.289 e. The molecule has 2 rings (SSSR count). The SMILES string of the molecule is Cc1cc2c(c(F)c1O)C(=O)N(OC(C)C)C2=O. The van der Waals surface area contributed by atoms with E-state index in [4.69, 9.17) is 4.84 Å². The van der Waals surface area contributed by atoms with Crippen LogP contribution in [0.3, 0.4) is 0 Å². The van der Waals surface area contributed by atoms with Gasteiger partial charge in [0.1, 0.15) is 0 Å². The lowest BCUT2D eigenvalue weighted by Crippen LogP contribution is -2.32. The van der Waals surface area contributed by atoms with E-state index in [2.05, 4.69) is 0 Å². The summed E-state index contributed by atoms with van der Waals surface area (Å²) in [4.78, 5) is 28.8. The molecular formula is C12H12FNO4. The molecule has 18 heavy (non-hydrogen) atoms. The summed E-state index contributed by atoms with van der Waals surface area (Å²) >= 11 is 0. The lowest BCUT2D eigenvalue weighted by atomic mass is 10.0. The van der Waals surface area contributed by atoms with Gasteiger partial charge in [-0.3, -0.25) is 14.4 Å². The van der Waals surface area contributed by atoms with Crippen molar-refractivity contribution >= 4 is 11.8 Å². The molecule has 0 radical (unpaired) electrons. The molecule has 6 heteroatoms. The van der Waals surface area contributed by atoms with E-state index < -0.39 is 35.0 Å². The van der Waals surface area contributed by atoms with Gasteiger partial charge in [0.2, 0.25) is 0 Å². The number of aromatic hydroxyl groups is 1. The lowest BCUT2D eigenvalue weighted by Gasteiger charge is -2.15. The second-order valence-corrected chi connectivity index (χ2v) is 4.34. The van der Waals surface area contributed by atoms with Crippen molar-refractivity contribution in [1.82, 2.24) is 5.06 Å². The van der Waals surface area contributed by atoms with Gasteiger partial charge in [0.05, 0.1) is 17.2 Å². The smallest absolute Gasteiger partial charge is 0.289 e. The fraction of sp³-hybridized carbons (Fsp3) is 0.333. The van der Waals surface area contributed by atoms with Crippen LogP contribution in [-0.2, 0) is 4.84 Å². The molecule has 0 aromatic heterocycles. The monoisotopic (exact) mass is 253 g/mol. The zero-order chi connectivity index (χ0) is 13.6. The summed E-state index contributed by atoms with van der Waals surface area (Å²) in [6.45, 7) is 4.73. The predicted molar refractivity (Wildman–Crippen MR) is 59.5 cm³/mol. The van der Waals surface area contributed by atoms with E-state index in [1.807, 2.05) is 0 Å². The van der Waals surface area contributed by atoms with E-state index in [1.54, 1.807) is 13.8 Å². The normalized spacial score (nSPS) is 14.6. The van der Waals surface area contributed by atoms with Crippen LogP contribution in [-0.4, -0.2) is 28.1 Å². The second kappa shape index (κ2) is 4.06. The van der Waals surface area contributed by atoms with Crippen molar-refractivity contribution in [2.75, 3.05) is 0 Å². The van der Waals surface area contributed by atoms with Crippen molar-refractivity contribution in [2.24, 2.45) is 0 Å². The molecule has 1 aliphatic heterocycles. The molecule has 1 aromatic rings. The molecule has 0 spiro atoms. The third-order valence-corrected chi connectivity index (χ3v) is 2.56. The molecule has 0 bridgehead atoms. The lowest BCUT2D eigenvalue weighted by molar-refractivity contribution is -0.120. The van der Waals surface area contributed by atoms with Gasteiger partial charge >= 0.3 is 0 Å². The largest absolute Gasteiger partial charge is 0.505 e. The molecule has 0 saturated carbocycles. The number of benzene rings is 1. The van der Waals surface area contributed by atoms with Crippen molar-refractivity contribution in [3.8, 4) is 5.75 Å². The Bertz CT molecular complexity index is 553. The van der Waals surface area contributed by atoms with E-state index in [9.17, 15) is 19.1 Å². The van der Waals surface area contributed by atoms with Crippen LogP contribution in [0.2, 0.25) is 0 Å². The number of amides is 2. The van der Waals surface area contributed by atoms with Gasteiger partial charge in [-0.05, 0) is 32.4 Å². The molecular weight excluding hydrogens is 241 g/mol. The minimum atomic E-state index is -1.08. The highest BCUT2D eigenvalue weighted by Crippen LogP contribution is 2.33. The summed E-state index contributed by atoms with van der Waals surface area (Å²) in [5, 5.41) is 9.97. The fourth-order valence-corrected chi connectivity index (χ4v) is 1.75. The summed E-state index contributed by atoms with van der Waals surface area (Å²) in [6.07, 6.45) is -0.398. The Hall–Kier alpha value is -1.95. The Balaban J connectivity index is 2.56. The maximum absolute atomic E-state index is 13.8. The molecule has 0 atom stereocenters. The number of rotatable bonds is 2. The average molecular weight is 253 g/mol. The van der Waals surface area contributed by atoms with Crippen molar-refractivity contribution in [2.45, 2.75) is 26.9 Å². The van der Waals surface area contributed by atoms with Crippen LogP contribution in [0.1, 0.15) is 40.1 Å². The third kappa shape index (κ3) is 1.65. The number of fused-ring (bicyclic) bond motifs is 1. The Morgan fingerprint density at radius 3 is 2.50 bits per heavy atom. The summed E-state index contributed by atoms with van der Waals surface area (Å²) in [5.41, 5.74) is -0.337. The van der Waals surface area contributed by atoms with Crippen molar-refractivity contribution in [3.63, 3.8) is 0 Å². The Kier molecular flexibility index (Phi) is 2.82. The first kappa shape index (κ1) is 12.5. The van der Waals surface area contributed by atoms with Crippen LogP contribution in [0.25, 0.3) is 0 Å². The number of hydroxylamine groups is 2. The molecule has 1 aromatic carbocycles. The van der Waals surface area contributed by atoms with Gasteiger partial charge in [-0.2, -0.15) is 0 Å². The van der Waals surface area contributed by atoms with E-state index in [0.717, 1.165) is 0 Å². The Labute approximate surface area is 103 Å². The number of hydrogen-bond donors (Lipinski definition) is 1. The molecule has 0 fully saturated rings. The molecule has 2 amide bonds. The van der Waals surface area contributed by atoms with Gasteiger partial charge in [-0.1, -0.05) is 0 Å². The summed E-state index contributed by atoms with van der Waals surface area (Å²) in [6, 6.07) is 1.28. The number of halogens is 1. The molecule has 0 unspecified atom stereocenters. The van der Waals surface area contributed by atoms with Crippen molar-refractivity contribution in [1.29, 1.82) is 0 Å². The van der Waals surface area contributed by atoms with Crippen LogP contribution < -0.4 is 0 Å². The zero-order valence-corrected chi connectivity index (χ0v) is 10.2. The van der Waals surface area contributed by atoms with E-state index in [-0.39, 0.29) is 11.1 Å². The maximum atomic E-state index is 13.8. The minimum absolute atomic E-state index is 0.0894. The number of carbonyl (C=O) groups is 2. The highest BCUT2D eigenvalue weighted by molar-refractivity contribution is 6.21. The van der Waals surface area contributed by atoms with Crippen LogP contribution in [0.4, 0.5) is 4.39 Å².